The van der Waals surface area contributed by atoms with Crippen molar-refractivity contribution in [2.24, 2.45) is 11.8 Å². The van der Waals surface area contributed by atoms with Crippen molar-refractivity contribution in [2.75, 3.05) is 32.7 Å². The van der Waals surface area contributed by atoms with E-state index in [0.29, 0.717) is 12.1 Å². The topological polar surface area (TPSA) is 18.5 Å². The Hall–Kier alpha value is -0.120. The van der Waals surface area contributed by atoms with Gasteiger partial charge in [0.2, 0.25) is 0 Å². The van der Waals surface area contributed by atoms with Crippen molar-refractivity contribution in [3.8, 4) is 0 Å². The average molecular weight is 296 g/mol. The van der Waals surface area contributed by atoms with Crippen LogP contribution < -0.4 is 5.32 Å². The van der Waals surface area contributed by atoms with Gasteiger partial charge in [-0.15, -0.1) is 0 Å². The minimum Gasteiger partial charge on any atom is -0.312 e. The molecule has 21 heavy (non-hydrogen) atoms. The lowest BCUT2D eigenvalue weighted by molar-refractivity contribution is 0.0164. The molecule has 2 fully saturated rings. The molecule has 0 radical (unpaired) electrons. The van der Waals surface area contributed by atoms with Crippen molar-refractivity contribution in [3.63, 3.8) is 0 Å². The Labute approximate surface area is 132 Å². The molecule has 3 nitrogen and oxygen atoms in total. The molecule has 4 unspecified atom stereocenters. The van der Waals surface area contributed by atoms with E-state index in [0.717, 1.165) is 17.9 Å². The van der Waals surface area contributed by atoms with Crippen LogP contribution in [0.4, 0.5) is 0 Å². The molecule has 0 aromatic carbocycles. The second-order valence-corrected chi connectivity index (χ2v) is 7.77. The Morgan fingerprint density at radius 1 is 1.05 bits per heavy atom. The number of nitrogens with one attached hydrogen (secondary N) is 1. The van der Waals surface area contributed by atoms with Gasteiger partial charge < -0.3 is 5.32 Å². The molecule has 2 aliphatic rings. The van der Waals surface area contributed by atoms with Gasteiger partial charge in [0.15, 0.2) is 0 Å². The third kappa shape index (κ3) is 4.43. The summed E-state index contributed by atoms with van der Waals surface area (Å²) in [7, 11) is 0. The maximum Gasteiger partial charge on any atom is 0.0276 e. The van der Waals surface area contributed by atoms with Crippen molar-refractivity contribution in [1.29, 1.82) is 0 Å². The SMILES string of the molecule is CCCNC1CC(C)CC(C)C1N1CCN(C(C)C)CC1. The molecule has 1 saturated carbocycles. The molecule has 0 aromatic rings. The summed E-state index contributed by atoms with van der Waals surface area (Å²) in [5.41, 5.74) is 0. The molecule has 0 amide bonds. The predicted octanol–water partition coefficient (Wildman–Crippen LogP) is 2.82. The first-order chi connectivity index (χ1) is 10.0. The van der Waals surface area contributed by atoms with E-state index in [1.54, 1.807) is 0 Å². The van der Waals surface area contributed by atoms with E-state index in [9.17, 15) is 0 Å². The maximum absolute atomic E-state index is 3.86. The van der Waals surface area contributed by atoms with Crippen LogP contribution in [0.5, 0.6) is 0 Å². The highest BCUT2D eigenvalue weighted by Gasteiger charge is 2.38. The van der Waals surface area contributed by atoms with E-state index in [2.05, 4.69) is 49.7 Å². The van der Waals surface area contributed by atoms with E-state index < -0.39 is 0 Å². The van der Waals surface area contributed by atoms with Crippen LogP contribution in [0.3, 0.4) is 0 Å². The van der Waals surface area contributed by atoms with Crippen LogP contribution >= 0.6 is 0 Å². The van der Waals surface area contributed by atoms with Crippen LogP contribution in [0.2, 0.25) is 0 Å². The van der Waals surface area contributed by atoms with E-state index in [-0.39, 0.29) is 0 Å². The van der Waals surface area contributed by atoms with Gasteiger partial charge in [0.1, 0.15) is 0 Å². The zero-order chi connectivity index (χ0) is 15.4. The van der Waals surface area contributed by atoms with Crippen LogP contribution in [0, 0.1) is 11.8 Å². The summed E-state index contributed by atoms with van der Waals surface area (Å²) in [5.74, 6) is 1.70. The zero-order valence-electron chi connectivity index (χ0n) is 14.9. The third-order valence-electron chi connectivity index (χ3n) is 5.58. The van der Waals surface area contributed by atoms with Crippen LogP contribution in [0.25, 0.3) is 0 Å². The van der Waals surface area contributed by atoms with Crippen molar-refractivity contribution in [1.82, 2.24) is 15.1 Å². The molecule has 3 heteroatoms. The van der Waals surface area contributed by atoms with Gasteiger partial charge in [-0.1, -0.05) is 20.8 Å². The number of hydrogen-bond donors (Lipinski definition) is 1. The fourth-order valence-electron chi connectivity index (χ4n) is 4.54. The summed E-state index contributed by atoms with van der Waals surface area (Å²) >= 11 is 0. The van der Waals surface area contributed by atoms with Crippen LogP contribution in [0.1, 0.15) is 53.9 Å². The molecule has 1 aliphatic heterocycles. The molecular formula is C18H37N3. The highest BCUT2D eigenvalue weighted by molar-refractivity contribution is 4.95. The minimum atomic E-state index is 0.699. The Morgan fingerprint density at radius 3 is 2.29 bits per heavy atom. The van der Waals surface area contributed by atoms with Gasteiger partial charge in [-0.2, -0.15) is 0 Å². The fourth-order valence-corrected chi connectivity index (χ4v) is 4.54. The molecular weight excluding hydrogens is 258 g/mol. The molecule has 124 valence electrons. The number of hydrogen-bond acceptors (Lipinski definition) is 3. The van der Waals surface area contributed by atoms with Gasteiger partial charge in [-0.05, 0) is 51.5 Å². The second kappa shape index (κ2) is 7.94. The first-order valence-electron chi connectivity index (χ1n) is 9.24. The van der Waals surface area contributed by atoms with Gasteiger partial charge in [0.25, 0.3) is 0 Å². The zero-order valence-corrected chi connectivity index (χ0v) is 14.9. The Balaban J connectivity index is 1.97. The number of piperazine rings is 1. The van der Waals surface area contributed by atoms with Crippen molar-refractivity contribution < 1.29 is 0 Å². The maximum atomic E-state index is 3.86. The smallest absolute Gasteiger partial charge is 0.0276 e. The molecule has 1 N–H and O–H groups in total. The van der Waals surface area contributed by atoms with E-state index in [1.165, 1.54) is 52.0 Å². The van der Waals surface area contributed by atoms with Crippen LogP contribution in [0.15, 0.2) is 0 Å². The Bertz CT molecular complexity index is 297. The van der Waals surface area contributed by atoms with Gasteiger partial charge >= 0.3 is 0 Å². The highest BCUT2D eigenvalue weighted by atomic mass is 15.3. The molecule has 1 saturated heterocycles. The lowest BCUT2D eigenvalue weighted by atomic mass is 9.75. The monoisotopic (exact) mass is 295 g/mol. The van der Waals surface area contributed by atoms with E-state index >= 15 is 0 Å². The quantitative estimate of drug-likeness (QED) is 0.841. The lowest BCUT2D eigenvalue weighted by Crippen LogP contribution is -2.61. The molecule has 4 atom stereocenters. The summed E-state index contributed by atoms with van der Waals surface area (Å²) in [6, 6.07) is 2.15. The van der Waals surface area contributed by atoms with Crippen molar-refractivity contribution in [3.05, 3.63) is 0 Å². The van der Waals surface area contributed by atoms with Crippen LogP contribution in [-0.2, 0) is 0 Å². The summed E-state index contributed by atoms with van der Waals surface area (Å²) < 4.78 is 0. The molecule has 0 aromatic heterocycles. The Morgan fingerprint density at radius 2 is 1.71 bits per heavy atom. The molecule has 0 spiro atoms. The average Bonchev–Trinajstić information content (AvgIpc) is 2.44. The predicted molar refractivity (Wildman–Crippen MR) is 91.7 cm³/mol. The van der Waals surface area contributed by atoms with Crippen molar-refractivity contribution >= 4 is 0 Å². The Kier molecular flexibility index (Phi) is 6.51. The molecule has 0 bridgehead atoms. The third-order valence-corrected chi connectivity index (χ3v) is 5.58. The summed E-state index contributed by atoms with van der Waals surface area (Å²) in [6.45, 7) is 18.0. The summed E-state index contributed by atoms with van der Waals surface area (Å²) in [6.07, 6.45) is 4.01. The molecule has 1 heterocycles. The lowest BCUT2D eigenvalue weighted by Gasteiger charge is -2.49. The standard InChI is InChI=1S/C18H37N3/c1-6-7-19-17-13-15(4)12-16(5)18(17)21-10-8-20(9-11-21)14(2)3/h14-19H,6-13H2,1-5H3. The first kappa shape index (κ1) is 17.2. The summed E-state index contributed by atoms with van der Waals surface area (Å²) in [4.78, 5) is 5.42. The first-order valence-corrected chi connectivity index (χ1v) is 9.24. The van der Waals surface area contributed by atoms with E-state index in [1.807, 2.05) is 0 Å². The van der Waals surface area contributed by atoms with Gasteiger partial charge in [-0.25, -0.2) is 0 Å². The molecule has 2 rings (SSSR count). The molecule has 1 aliphatic carbocycles. The highest BCUT2D eigenvalue weighted by Crippen LogP contribution is 2.33. The van der Waals surface area contributed by atoms with E-state index in [4.69, 9.17) is 0 Å². The minimum absolute atomic E-state index is 0.699. The van der Waals surface area contributed by atoms with Crippen molar-refractivity contribution in [2.45, 2.75) is 72.0 Å². The second-order valence-electron chi connectivity index (χ2n) is 7.77. The fraction of sp³-hybridized carbons (Fsp3) is 1.00. The normalized spacial score (nSPS) is 36.3. The van der Waals surface area contributed by atoms with Gasteiger partial charge in [-0.3, -0.25) is 9.80 Å². The van der Waals surface area contributed by atoms with Gasteiger partial charge in [0.05, 0.1) is 0 Å². The largest absolute Gasteiger partial charge is 0.312 e. The van der Waals surface area contributed by atoms with Crippen LogP contribution in [-0.4, -0.2) is 60.6 Å². The summed E-state index contributed by atoms with van der Waals surface area (Å²) in [5, 5.41) is 3.86. The number of rotatable bonds is 5. The number of nitrogens with zero attached hydrogens (tertiary/aromatic N) is 2. The van der Waals surface area contributed by atoms with Gasteiger partial charge in [0, 0.05) is 44.3 Å².